The lowest BCUT2D eigenvalue weighted by Gasteiger charge is -2.17. The molecule has 0 aromatic heterocycles. The Kier molecular flexibility index (Phi) is 3.34. The SMILES string of the molecule is CNC(C(=O)O)c1ccc(C(F)(F)C2CC2)cc1. The highest BCUT2D eigenvalue weighted by Crippen LogP contribution is 2.49. The fourth-order valence-electron chi connectivity index (χ4n) is 2.01. The Hall–Kier alpha value is -1.49. The second-order valence-corrected chi connectivity index (χ2v) is 4.58. The van der Waals surface area contributed by atoms with E-state index in [2.05, 4.69) is 5.32 Å². The van der Waals surface area contributed by atoms with E-state index < -0.39 is 23.9 Å². The largest absolute Gasteiger partial charge is 0.480 e. The van der Waals surface area contributed by atoms with Crippen molar-refractivity contribution in [3.05, 3.63) is 35.4 Å². The molecule has 2 N–H and O–H groups in total. The fourth-order valence-corrected chi connectivity index (χ4v) is 2.01. The van der Waals surface area contributed by atoms with E-state index in [1.165, 1.54) is 31.3 Å². The van der Waals surface area contributed by atoms with Gasteiger partial charge in [0.15, 0.2) is 0 Å². The molecular weight excluding hydrogens is 240 g/mol. The zero-order valence-corrected chi connectivity index (χ0v) is 9.99. The third-order valence-electron chi connectivity index (χ3n) is 3.25. The number of alkyl halides is 2. The number of nitrogens with one attached hydrogen (secondary N) is 1. The smallest absolute Gasteiger partial charge is 0.325 e. The average Bonchev–Trinajstić information content (AvgIpc) is 3.14. The summed E-state index contributed by atoms with van der Waals surface area (Å²) in [6, 6.07) is 4.66. The third kappa shape index (κ3) is 2.36. The van der Waals surface area contributed by atoms with Crippen molar-refractivity contribution < 1.29 is 18.7 Å². The molecule has 5 heteroatoms. The third-order valence-corrected chi connectivity index (χ3v) is 3.25. The van der Waals surface area contributed by atoms with Crippen LogP contribution in [0.15, 0.2) is 24.3 Å². The summed E-state index contributed by atoms with van der Waals surface area (Å²) in [6.07, 6.45) is 1.12. The molecule has 0 aliphatic heterocycles. The van der Waals surface area contributed by atoms with E-state index in [0.717, 1.165) is 0 Å². The number of hydrogen-bond acceptors (Lipinski definition) is 2. The number of benzene rings is 1. The molecule has 0 heterocycles. The van der Waals surface area contributed by atoms with Crippen LogP contribution < -0.4 is 5.32 Å². The zero-order chi connectivity index (χ0) is 13.3. The Morgan fingerprint density at radius 1 is 1.39 bits per heavy atom. The molecule has 98 valence electrons. The van der Waals surface area contributed by atoms with Gasteiger partial charge >= 0.3 is 5.97 Å². The summed E-state index contributed by atoms with van der Waals surface area (Å²) in [7, 11) is 1.52. The van der Waals surface area contributed by atoms with E-state index in [-0.39, 0.29) is 5.56 Å². The number of carbonyl (C=O) groups is 1. The summed E-state index contributed by atoms with van der Waals surface area (Å²) in [6.45, 7) is 0. The monoisotopic (exact) mass is 255 g/mol. The first-order chi connectivity index (χ1) is 8.46. The Balaban J connectivity index is 2.21. The quantitative estimate of drug-likeness (QED) is 0.850. The van der Waals surface area contributed by atoms with Crippen LogP contribution in [0.25, 0.3) is 0 Å². The summed E-state index contributed by atoms with van der Waals surface area (Å²) in [5.41, 5.74) is 0.439. The molecule has 0 amide bonds. The molecule has 1 aliphatic carbocycles. The molecule has 2 rings (SSSR count). The minimum atomic E-state index is -2.79. The highest BCUT2D eigenvalue weighted by Gasteiger charge is 2.47. The first-order valence-electron chi connectivity index (χ1n) is 5.85. The van der Waals surface area contributed by atoms with Crippen LogP contribution >= 0.6 is 0 Å². The zero-order valence-electron chi connectivity index (χ0n) is 9.99. The van der Waals surface area contributed by atoms with Gasteiger partial charge in [-0.1, -0.05) is 24.3 Å². The molecule has 0 saturated heterocycles. The summed E-state index contributed by atoms with van der Waals surface area (Å²) in [4.78, 5) is 10.9. The van der Waals surface area contributed by atoms with Gasteiger partial charge in [0.1, 0.15) is 6.04 Å². The Morgan fingerprint density at radius 2 is 1.94 bits per heavy atom. The van der Waals surface area contributed by atoms with Crippen molar-refractivity contribution in [2.75, 3.05) is 7.05 Å². The lowest BCUT2D eigenvalue weighted by Crippen LogP contribution is -2.25. The summed E-state index contributed by atoms with van der Waals surface area (Å²) < 4.78 is 27.6. The van der Waals surface area contributed by atoms with E-state index in [0.29, 0.717) is 18.4 Å². The van der Waals surface area contributed by atoms with Crippen molar-refractivity contribution in [2.45, 2.75) is 24.8 Å². The maximum atomic E-state index is 13.8. The van der Waals surface area contributed by atoms with Gasteiger partial charge in [0.25, 0.3) is 5.92 Å². The molecule has 0 spiro atoms. The second kappa shape index (κ2) is 4.65. The number of rotatable bonds is 5. The number of halogens is 2. The molecule has 1 unspecified atom stereocenters. The lowest BCUT2D eigenvalue weighted by atomic mass is 10.00. The first kappa shape index (κ1) is 13.0. The molecule has 0 radical (unpaired) electrons. The van der Waals surface area contributed by atoms with Crippen molar-refractivity contribution >= 4 is 5.97 Å². The van der Waals surface area contributed by atoms with Crippen LogP contribution in [-0.2, 0) is 10.7 Å². The molecule has 1 fully saturated rings. The van der Waals surface area contributed by atoms with Crippen molar-refractivity contribution in [3.63, 3.8) is 0 Å². The van der Waals surface area contributed by atoms with Crippen molar-refractivity contribution in [2.24, 2.45) is 5.92 Å². The molecule has 3 nitrogen and oxygen atoms in total. The van der Waals surface area contributed by atoms with Crippen LogP contribution in [-0.4, -0.2) is 18.1 Å². The minimum Gasteiger partial charge on any atom is -0.480 e. The second-order valence-electron chi connectivity index (χ2n) is 4.58. The van der Waals surface area contributed by atoms with Crippen molar-refractivity contribution in [1.82, 2.24) is 5.32 Å². The van der Waals surface area contributed by atoms with E-state index in [1.807, 2.05) is 0 Å². The number of carboxylic acid groups (broad SMARTS) is 1. The number of hydrogen-bond donors (Lipinski definition) is 2. The van der Waals surface area contributed by atoms with Gasteiger partial charge in [0.2, 0.25) is 0 Å². The summed E-state index contributed by atoms with van der Waals surface area (Å²) in [5, 5.41) is 11.6. The Bertz CT molecular complexity index is 441. The van der Waals surface area contributed by atoms with E-state index in [9.17, 15) is 13.6 Å². The maximum Gasteiger partial charge on any atom is 0.325 e. The highest BCUT2D eigenvalue weighted by molar-refractivity contribution is 5.75. The normalized spacial score (nSPS) is 17.5. The van der Waals surface area contributed by atoms with Crippen LogP contribution in [0.1, 0.15) is 30.0 Å². The standard InChI is InChI=1S/C13H15F2NO2/c1-16-11(12(17)18)8-2-4-9(5-3-8)13(14,15)10-6-7-10/h2-5,10-11,16H,6-7H2,1H3,(H,17,18). The van der Waals surface area contributed by atoms with Gasteiger partial charge in [0, 0.05) is 11.5 Å². The van der Waals surface area contributed by atoms with Gasteiger partial charge in [-0.05, 0) is 25.5 Å². The fraction of sp³-hybridized carbons (Fsp3) is 0.462. The molecule has 1 atom stereocenters. The van der Waals surface area contributed by atoms with Crippen LogP contribution in [0.3, 0.4) is 0 Å². The Morgan fingerprint density at radius 3 is 2.33 bits per heavy atom. The number of aliphatic carboxylic acids is 1. The molecule has 1 aliphatic rings. The van der Waals surface area contributed by atoms with Crippen LogP contribution in [0.4, 0.5) is 8.78 Å². The van der Waals surface area contributed by atoms with E-state index >= 15 is 0 Å². The van der Waals surface area contributed by atoms with E-state index in [4.69, 9.17) is 5.11 Å². The maximum absolute atomic E-state index is 13.8. The minimum absolute atomic E-state index is 0.0333. The van der Waals surface area contributed by atoms with Gasteiger partial charge < -0.3 is 10.4 Å². The predicted molar refractivity (Wildman–Crippen MR) is 62.5 cm³/mol. The molecule has 0 bridgehead atoms. The average molecular weight is 255 g/mol. The molecule has 18 heavy (non-hydrogen) atoms. The van der Waals surface area contributed by atoms with Gasteiger partial charge in [-0.3, -0.25) is 4.79 Å². The molecule has 1 saturated carbocycles. The summed E-state index contributed by atoms with van der Waals surface area (Å²) in [5.74, 6) is -4.38. The van der Waals surface area contributed by atoms with Crippen LogP contribution in [0, 0.1) is 5.92 Å². The molecule has 1 aromatic carbocycles. The highest BCUT2D eigenvalue weighted by atomic mass is 19.3. The van der Waals surface area contributed by atoms with Gasteiger partial charge in [-0.2, -0.15) is 0 Å². The van der Waals surface area contributed by atoms with Crippen molar-refractivity contribution in [3.8, 4) is 0 Å². The van der Waals surface area contributed by atoms with Crippen LogP contribution in [0.5, 0.6) is 0 Å². The van der Waals surface area contributed by atoms with Crippen LogP contribution in [0.2, 0.25) is 0 Å². The summed E-state index contributed by atoms with van der Waals surface area (Å²) >= 11 is 0. The van der Waals surface area contributed by atoms with Gasteiger partial charge in [-0.25, -0.2) is 8.78 Å². The number of carboxylic acids is 1. The Labute approximate surface area is 104 Å². The van der Waals surface area contributed by atoms with Gasteiger partial charge in [0.05, 0.1) is 0 Å². The topological polar surface area (TPSA) is 49.3 Å². The van der Waals surface area contributed by atoms with Gasteiger partial charge in [-0.15, -0.1) is 0 Å². The predicted octanol–water partition coefficient (Wildman–Crippen LogP) is 2.53. The molecular formula is C13H15F2NO2. The molecule has 1 aromatic rings. The number of likely N-dealkylation sites (N-methyl/N-ethyl adjacent to an activating group) is 1. The first-order valence-corrected chi connectivity index (χ1v) is 5.85. The lowest BCUT2D eigenvalue weighted by molar-refractivity contribution is -0.139. The van der Waals surface area contributed by atoms with E-state index in [1.54, 1.807) is 0 Å². The van der Waals surface area contributed by atoms with Crippen molar-refractivity contribution in [1.29, 1.82) is 0 Å².